The number of hydrogen-bond donors (Lipinski definition) is 2. The van der Waals surface area contributed by atoms with Gasteiger partial charge in [0.15, 0.2) is 5.16 Å². The molecule has 0 aliphatic rings. The summed E-state index contributed by atoms with van der Waals surface area (Å²) in [4.78, 5) is 36.2. The van der Waals surface area contributed by atoms with Gasteiger partial charge in [0, 0.05) is 18.1 Å². The molecule has 0 bridgehead atoms. The van der Waals surface area contributed by atoms with Gasteiger partial charge in [-0.1, -0.05) is 11.8 Å². The van der Waals surface area contributed by atoms with Crippen molar-refractivity contribution in [2.75, 3.05) is 11.1 Å². The molecule has 2 rings (SSSR count). The summed E-state index contributed by atoms with van der Waals surface area (Å²) in [5.74, 6) is -2.10. The van der Waals surface area contributed by atoms with Crippen molar-refractivity contribution in [1.29, 1.82) is 0 Å². The van der Waals surface area contributed by atoms with Crippen LogP contribution in [0.5, 0.6) is 0 Å². The number of carboxylic acid groups (broad SMARTS) is 1. The van der Waals surface area contributed by atoms with Crippen LogP contribution in [0.4, 0.5) is 10.1 Å². The topological polar surface area (TPSA) is 128 Å². The average Bonchev–Trinajstić information content (AvgIpc) is 2.54. The van der Waals surface area contributed by atoms with Gasteiger partial charge in [-0.15, -0.1) is 10.2 Å². The average molecular weight is 351 g/mol. The second-order valence-electron chi connectivity index (χ2n) is 4.62. The van der Waals surface area contributed by atoms with Crippen LogP contribution in [0.2, 0.25) is 0 Å². The summed E-state index contributed by atoms with van der Waals surface area (Å²) >= 11 is 0.954. The lowest BCUT2D eigenvalue weighted by molar-refractivity contribution is -0.305. The van der Waals surface area contributed by atoms with Crippen LogP contribution in [-0.2, 0) is 16.0 Å². The normalized spacial score (nSPS) is 10.4. The van der Waals surface area contributed by atoms with Gasteiger partial charge >= 0.3 is 0 Å². The third-order valence-electron chi connectivity index (χ3n) is 2.78. The van der Waals surface area contributed by atoms with E-state index < -0.39 is 17.3 Å². The van der Waals surface area contributed by atoms with Crippen LogP contribution in [0.1, 0.15) is 12.1 Å². The minimum Gasteiger partial charge on any atom is -0.550 e. The number of aromatic nitrogens is 3. The summed E-state index contributed by atoms with van der Waals surface area (Å²) < 4.78 is 12.8. The summed E-state index contributed by atoms with van der Waals surface area (Å²) in [6.45, 7) is 0. The lowest BCUT2D eigenvalue weighted by atomic mass is 10.2. The quantitative estimate of drug-likeness (QED) is 0.656. The van der Waals surface area contributed by atoms with E-state index in [1.807, 2.05) is 0 Å². The molecule has 0 atom stereocenters. The molecular formula is C14H12FN4O4S-. The molecule has 1 aromatic heterocycles. The first kappa shape index (κ1) is 17.6. The molecule has 0 aliphatic carbocycles. The molecule has 0 saturated heterocycles. The van der Waals surface area contributed by atoms with Crippen molar-refractivity contribution in [2.24, 2.45) is 0 Å². The van der Waals surface area contributed by atoms with Crippen molar-refractivity contribution >= 4 is 29.3 Å². The smallest absolute Gasteiger partial charge is 0.273 e. The third kappa shape index (κ3) is 5.47. The summed E-state index contributed by atoms with van der Waals surface area (Å²) in [6, 6.07) is 5.28. The van der Waals surface area contributed by atoms with Crippen molar-refractivity contribution in [3.05, 3.63) is 46.1 Å². The maximum atomic E-state index is 12.8. The predicted octanol–water partition coefficient (Wildman–Crippen LogP) is -0.283. The number of aryl methyl sites for hydroxylation is 1. The molecule has 0 spiro atoms. The van der Waals surface area contributed by atoms with E-state index in [0.717, 1.165) is 11.8 Å². The molecule has 2 N–H and O–H groups in total. The molecule has 1 heterocycles. The Bertz CT molecular complexity index is 794. The number of nitrogens with one attached hydrogen (secondary N) is 2. The molecular weight excluding hydrogens is 339 g/mol. The highest BCUT2D eigenvalue weighted by atomic mass is 32.2. The number of nitrogens with zero attached hydrogens (tertiary/aromatic N) is 2. The molecule has 8 nitrogen and oxygen atoms in total. The Morgan fingerprint density at radius 3 is 2.58 bits per heavy atom. The summed E-state index contributed by atoms with van der Waals surface area (Å²) in [5, 5.41) is 20.4. The first-order chi connectivity index (χ1) is 11.4. The predicted molar refractivity (Wildman–Crippen MR) is 81.7 cm³/mol. The lowest BCUT2D eigenvalue weighted by Gasteiger charge is -2.05. The van der Waals surface area contributed by atoms with Gasteiger partial charge in [0.25, 0.3) is 5.56 Å². The number of carbonyl (C=O) groups excluding carboxylic acids is 2. The number of amides is 1. The molecule has 1 amide bonds. The Kier molecular flexibility index (Phi) is 6.01. The largest absolute Gasteiger partial charge is 0.550 e. The highest BCUT2D eigenvalue weighted by Crippen LogP contribution is 2.12. The number of rotatable bonds is 7. The fraction of sp³-hybridized carbons (Fsp3) is 0.214. The van der Waals surface area contributed by atoms with Gasteiger partial charge in [0.05, 0.1) is 5.75 Å². The van der Waals surface area contributed by atoms with Crippen LogP contribution in [0.3, 0.4) is 0 Å². The van der Waals surface area contributed by atoms with Gasteiger partial charge in [-0.3, -0.25) is 14.6 Å². The molecule has 0 fully saturated rings. The zero-order valence-electron chi connectivity index (χ0n) is 12.2. The molecule has 1 aromatic carbocycles. The highest BCUT2D eigenvalue weighted by Gasteiger charge is 2.08. The minimum atomic E-state index is -1.29. The van der Waals surface area contributed by atoms with Crippen LogP contribution in [-0.4, -0.2) is 32.8 Å². The third-order valence-corrected chi connectivity index (χ3v) is 3.64. The number of anilines is 1. The second-order valence-corrected chi connectivity index (χ2v) is 5.59. The number of hydrogen-bond acceptors (Lipinski definition) is 7. The monoisotopic (exact) mass is 351 g/mol. The van der Waals surface area contributed by atoms with E-state index in [-0.39, 0.29) is 35.4 Å². The molecule has 2 aromatic rings. The number of carboxylic acids is 1. The van der Waals surface area contributed by atoms with Crippen molar-refractivity contribution < 1.29 is 19.1 Å². The zero-order valence-corrected chi connectivity index (χ0v) is 13.1. The van der Waals surface area contributed by atoms with Gasteiger partial charge in [0.2, 0.25) is 5.91 Å². The van der Waals surface area contributed by atoms with Gasteiger partial charge in [-0.05, 0) is 30.7 Å². The van der Waals surface area contributed by atoms with Crippen molar-refractivity contribution in [1.82, 2.24) is 15.2 Å². The van der Waals surface area contributed by atoms with Crippen molar-refractivity contribution in [2.45, 2.75) is 18.0 Å². The molecule has 126 valence electrons. The zero-order chi connectivity index (χ0) is 17.5. The van der Waals surface area contributed by atoms with Crippen LogP contribution in [0, 0.1) is 5.82 Å². The number of carbonyl (C=O) groups is 2. The summed E-state index contributed by atoms with van der Waals surface area (Å²) in [7, 11) is 0. The van der Waals surface area contributed by atoms with Crippen LogP contribution < -0.4 is 16.0 Å². The van der Waals surface area contributed by atoms with Crippen LogP contribution in [0.25, 0.3) is 0 Å². The Balaban J connectivity index is 1.88. The molecule has 0 aliphatic heterocycles. The second kappa shape index (κ2) is 8.20. The Morgan fingerprint density at radius 2 is 1.96 bits per heavy atom. The van der Waals surface area contributed by atoms with E-state index in [4.69, 9.17) is 0 Å². The molecule has 0 unspecified atom stereocenters. The molecule has 0 saturated carbocycles. The Hall–Kier alpha value is -2.75. The fourth-order valence-electron chi connectivity index (χ4n) is 1.66. The molecule has 24 heavy (non-hydrogen) atoms. The Labute approximate surface area is 139 Å². The molecule has 0 radical (unpaired) electrons. The number of aromatic amines is 1. The number of thioether (sulfide) groups is 1. The number of benzene rings is 1. The van der Waals surface area contributed by atoms with Gasteiger partial charge in [-0.25, -0.2) is 4.39 Å². The minimum absolute atomic E-state index is 0.0145. The first-order valence-electron chi connectivity index (χ1n) is 6.78. The van der Waals surface area contributed by atoms with Crippen molar-refractivity contribution in [3.63, 3.8) is 0 Å². The van der Waals surface area contributed by atoms with Gasteiger partial charge < -0.3 is 15.2 Å². The van der Waals surface area contributed by atoms with Crippen molar-refractivity contribution in [3.8, 4) is 0 Å². The lowest BCUT2D eigenvalue weighted by Crippen LogP contribution is -2.25. The van der Waals surface area contributed by atoms with E-state index in [0.29, 0.717) is 5.69 Å². The number of aliphatic carboxylic acids is 1. The van der Waals surface area contributed by atoms with Gasteiger partial charge in [0.1, 0.15) is 11.5 Å². The number of halogens is 1. The van der Waals surface area contributed by atoms with Gasteiger partial charge in [-0.2, -0.15) is 0 Å². The van der Waals surface area contributed by atoms with E-state index in [1.54, 1.807) is 0 Å². The maximum absolute atomic E-state index is 12.8. The summed E-state index contributed by atoms with van der Waals surface area (Å²) in [6.07, 6.45) is -0.412. The standard InChI is InChI=1S/C14H13FN4O4S/c15-8-1-3-9(4-2-8)16-11(20)7-24-14-17-13(23)10(18-19-14)5-6-12(21)22/h1-4H,5-7H2,(H,16,20)(H,21,22)(H,17,19,23)/p-1. The Morgan fingerprint density at radius 1 is 1.25 bits per heavy atom. The van der Waals surface area contributed by atoms with E-state index in [2.05, 4.69) is 20.5 Å². The van der Waals surface area contributed by atoms with E-state index in [1.165, 1.54) is 24.3 Å². The summed E-state index contributed by atoms with van der Waals surface area (Å²) in [5.41, 5.74) is -0.133. The van der Waals surface area contributed by atoms with Crippen LogP contribution >= 0.6 is 11.8 Å². The highest BCUT2D eigenvalue weighted by molar-refractivity contribution is 7.99. The molecule has 10 heteroatoms. The van der Waals surface area contributed by atoms with Crippen LogP contribution in [0.15, 0.2) is 34.2 Å². The fourth-order valence-corrected chi connectivity index (χ4v) is 2.26. The van der Waals surface area contributed by atoms with E-state index in [9.17, 15) is 23.9 Å². The van der Waals surface area contributed by atoms with E-state index >= 15 is 0 Å². The SMILES string of the molecule is O=C([O-])CCc1nnc(SCC(=O)Nc2ccc(F)cc2)[nH]c1=O. The first-order valence-corrected chi connectivity index (χ1v) is 7.76. The number of H-pyrrole nitrogens is 1. The maximum Gasteiger partial charge on any atom is 0.273 e.